The zero-order valence-electron chi connectivity index (χ0n) is 21.1. The van der Waals surface area contributed by atoms with Crippen LogP contribution in [0.15, 0.2) is 48.8 Å². The minimum absolute atomic E-state index is 0.0951. The molecule has 36 heavy (non-hydrogen) atoms. The van der Waals surface area contributed by atoms with E-state index in [2.05, 4.69) is 10.3 Å². The molecule has 190 valence electrons. The van der Waals surface area contributed by atoms with E-state index in [4.69, 9.17) is 9.84 Å². The molecule has 9 heteroatoms. The number of amides is 2. The summed E-state index contributed by atoms with van der Waals surface area (Å²) in [5, 5.41) is 7.69. The Kier molecular flexibility index (Phi) is 7.37. The average Bonchev–Trinajstić information content (AvgIpc) is 3.29. The number of pyridine rings is 1. The van der Waals surface area contributed by atoms with Gasteiger partial charge in [-0.2, -0.15) is 5.10 Å². The van der Waals surface area contributed by atoms with Crippen LogP contribution in [0.25, 0.3) is 22.4 Å². The maximum atomic E-state index is 13.6. The van der Waals surface area contributed by atoms with Gasteiger partial charge in [0.2, 0.25) is 5.91 Å². The second kappa shape index (κ2) is 10.5. The van der Waals surface area contributed by atoms with Crippen LogP contribution in [0, 0.1) is 5.82 Å². The third-order valence-electron chi connectivity index (χ3n) is 6.00. The Hall–Kier alpha value is -3.75. The zero-order valence-corrected chi connectivity index (χ0v) is 21.1. The fourth-order valence-electron chi connectivity index (χ4n) is 4.15. The highest BCUT2D eigenvalue weighted by Gasteiger charge is 2.28. The summed E-state index contributed by atoms with van der Waals surface area (Å²) in [4.78, 5) is 30.3. The summed E-state index contributed by atoms with van der Waals surface area (Å²) in [5.41, 5.74) is 2.66. The van der Waals surface area contributed by atoms with Crippen LogP contribution in [0.1, 0.15) is 53.0 Å². The van der Waals surface area contributed by atoms with Gasteiger partial charge in [0, 0.05) is 43.0 Å². The molecule has 1 aliphatic rings. The van der Waals surface area contributed by atoms with E-state index in [-0.39, 0.29) is 23.9 Å². The van der Waals surface area contributed by atoms with Gasteiger partial charge in [-0.1, -0.05) is 6.92 Å². The normalized spacial score (nSPS) is 14.5. The van der Waals surface area contributed by atoms with E-state index in [0.29, 0.717) is 31.0 Å². The second-order valence-electron chi connectivity index (χ2n) is 9.91. The number of piperidine rings is 1. The number of nitrogens with zero attached hydrogens (tertiary/aromatic N) is 4. The Morgan fingerprint density at radius 3 is 2.44 bits per heavy atom. The van der Waals surface area contributed by atoms with Gasteiger partial charge in [-0.25, -0.2) is 14.2 Å². The highest BCUT2D eigenvalue weighted by atomic mass is 19.1. The van der Waals surface area contributed by atoms with Crippen LogP contribution >= 0.6 is 0 Å². The van der Waals surface area contributed by atoms with Gasteiger partial charge in [0.15, 0.2) is 0 Å². The van der Waals surface area contributed by atoms with Crippen molar-refractivity contribution in [1.82, 2.24) is 19.7 Å². The van der Waals surface area contributed by atoms with E-state index in [1.54, 1.807) is 30.2 Å². The number of benzene rings is 1. The first-order valence-electron chi connectivity index (χ1n) is 12.2. The smallest absolute Gasteiger partial charge is 0.410 e. The molecule has 0 aliphatic carbocycles. The lowest BCUT2D eigenvalue weighted by molar-refractivity contribution is -0.115. The van der Waals surface area contributed by atoms with Crippen molar-refractivity contribution in [2.45, 2.75) is 58.6 Å². The van der Waals surface area contributed by atoms with Gasteiger partial charge in [0.25, 0.3) is 0 Å². The van der Waals surface area contributed by atoms with Gasteiger partial charge in [0.1, 0.15) is 22.9 Å². The van der Waals surface area contributed by atoms with Crippen LogP contribution in [-0.4, -0.2) is 50.4 Å². The number of ether oxygens (including phenoxy) is 1. The van der Waals surface area contributed by atoms with Crippen LogP contribution in [0.2, 0.25) is 0 Å². The number of nitrogens with one attached hydrogen (secondary N) is 1. The predicted octanol–water partition coefficient (Wildman–Crippen LogP) is 5.67. The van der Waals surface area contributed by atoms with Crippen LogP contribution in [-0.2, 0) is 9.53 Å². The van der Waals surface area contributed by atoms with Crippen molar-refractivity contribution in [3.63, 3.8) is 0 Å². The Morgan fingerprint density at radius 2 is 1.81 bits per heavy atom. The van der Waals surface area contributed by atoms with Gasteiger partial charge in [-0.3, -0.25) is 9.48 Å². The van der Waals surface area contributed by atoms with E-state index >= 15 is 0 Å². The van der Waals surface area contributed by atoms with Crippen molar-refractivity contribution in [2.24, 2.45) is 0 Å². The molecule has 1 fully saturated rings. The lowest BCUT2D eigenvalue weighted by Gasteiger charge is -2.33. The number of carbonyl (C=O) groups is 2. The largest absolute Gasteiger partial charge is 0.444 e. The van der Waals surface area contributed by atoms with E-state index in [9.17, 15) is 14.0 Å². The molecule has 1 N–H and O–H groups in total. The highest BCUT2D eigenvalue weighted by molar-refractivity contribution is 5.90. The molecule has 1 aliphatic heterocycles. The molecular weight excluding hydrogens is 461 g/mol. The maximum absolute atomic E-state index is 13.6. The third-order valence-corrected chi connectivity index (χ3v) is 6.00. The topological polar surface area (TPSA) is 89.4 Å². The van der Waals surface area contributed by atoms with E-state index in [1.807, 2.05) is 43.8 Å². The lowest BCUT2D eigenvalue weighted by atomic mass is 10.0. The molecule has 0 spiro atoms. The zero-order chi connectivity index (χ0) is 25.9. The molecule has 0 radical (unpaired) electrons. The number of hydrogen-bond acceptors (Lipinski definition) is 5. The lowest BCUT2D eigenvalue weighted by Crippen LogP contribution is -2.42. The van der Waals surface area contributed by atoms with Gasteiger partial charge >= 0.3 is 6.09 Å². The summed E-state index contributed by atoms with van der Waals surface area (Å²) in [6.07, 6.45) is 5.15. The molecule has 8 nitrogen and oxygen atoms in total. The first kappa shape index (κ1) is 25.3. The van der Waals surface area contributed by atoms with Crippen LogP contribution in [0.5, 0.6) is 0 Å². The van der Waals surface area contributed by atoms with Gasteiger partial charge in [-0.15, -0.1) is 0 Å². The van der Waals surface area contributed by atoms with Crippen LogP contribution in [0.4, 0.5) is 15.0 Å². The number of likely N-dealkylation sites (tertiary alicyclic amines) is 1. The summed E-state index contributed by atoms with van der Waals surface area (Å²) in [5.74, 6) is 0.0244. The number of carbonyl (C=O) groups excluding carboxylic acids is 2. The minimum Gasteiger partial charge on any atom is -0.444 e. The van der Waals surface area contributed by atoms with Crippen molar-refractivity contribution in [1.29, 1.82) is 0 Å². The third kappa shape index (κ3) is 6.08. The monoisotopic (exact) mass is 493 g/mol. The second-order valence-corrected chi connectivity index (χ2v) is 9.91. The first-order valence-corrected chi connectivity index (χ1v) is 12.2. The SMILES string of the molecule is CCC(=O)Nc1cc(-c2cn(C3CCN(C(=O)OC(C)(C)C)CC3)nc2-c2ccc(F)cc2)ccn1. The van der Waals surface area contributed by atoms with Crippen LogP contribution in [0.3, 0.4) is 0 Å². The summed E-state index contributed by atoms with van der Waals surface area (Å²) >= 11 is 0. The molecule has 0 atom stereocenters. The quantitative estimate of drug-likeness (QED) is 0.495. The van der Waals surface area contributed by atoms with Crippen molar-refractivity contribution < 1.29 is 18.7 Å². The van der Waals surface area contributed by atoms with Crippen molar-refractivity contribution in [2.75, 3.05) is 18.4 Å². The van der Waals surface area contributed by atoms with E-state index in [1.165, 1.54) is 12.1 Å². The molecule has 3 heterocycles. The number of halogens is 1. The Morgan fingerprint density at radius 1 is 1.11 bits per heavy atom. The molecule has 4 rings (SSSR count). The Balaban J connectivity index is 1.62. The fourth-order valence-corrected chi connectivity index (χ4v) is 4.15. The first-order chi connectivity index (χ1) is 17.1. The van der Waals surface area contributed by atoms with Crippen LogP contribution < -0.4 is 5.32 Å². The maximum Gasteiger partial charge on any atom is 0.410 e. The van der Waals surface area contributed by atoms with Crippen molar-refractivity contribution >= 4 is 17.8 Å². The molecule has 0 saturated carbocycles. The molecule has 0 bridgehead atoms. The molecule has 1 aromatic carbocycles. The van der Waals surface area contributed by atoms with Gasteiger partial charge in [-0.05, 0) is 75.6 Å². The summed E-state index contributed by atoms with van der Waals surface area (Å²) in [6.45, 7) is 8.50. The molecular formula is C27H32FN5O3. The predicted molar refractivity (Wildman–Crippen MR) is 136 cm³/mol. The standard InChI is InChI=1S/C27H32FN5O3/c1-5-24(34)30-23-16-19(10-13-29-23)22-17-33(31-25(22)18-6-8-20(28)9-7-18)21-11-14-32(15-12-21)26(35)36-27(2,3)4/h6-10,13,16-17,21H,5,11-12,14-15H2,1-4H3,(H,29,30,34). The molecule has 0 unspecified atom stereocenters. The summed E-state index contributed by atoms with van der Waals surface area (Å²) in [7, 11) is 0. The summed E-state index contributed by atoms with van der Waals surface area (Å²) < 4.78 is 21.1. The van der Waals surface area contributed by atoms with Gasteiger partial charge < -0.3 is 15.0 Å². The number of rotatable bonds is 5. The Labute approximate surface area is 210 Å². The van der Waals surface area contributed by atoms with Gasteiger partial charge in [0.05, 0.1) is 6.04 Å². The molecule has 2 aromatic heterocycles. The fraction of sp³-hybridized carbons (Fsp3) is 0.407. The molecule has 1 saturated heterocycles. The van der Waals surface area contributed by atoms with E-state index in [0.717, 1.165) is 29.5 Å². The van der Waals surface area contributed by atoms with E-state index < -0.39 is 5.60 Å². The number of hydrogen-bond donors (Lipinski definition) is 1. The number of anilines is 1. The molecule has 2 amide bonds. The average molecular weight is 494 g/mol. The van der Waals surface area contributed by atoms with Crippen molar-refractivity contribution in [3.05, 3.63) is 54.6 Å². The molecule has 3 aromatic rings. The Bertz CT molecular complexity index is 1220. The van der Waals surface area contributed by atoms with Crippen molar-refractivity contribution in [3.8, 4) is 22.4 Å². The summed E-state index contributed by atoms with van der Waals surface area (Å²) in [6, 6.07) is 10.0. The highest BCUT2D eigenvalue weighted by Crippen LogP contribution is 2.34. The number of aromatic nitrogens is 3. The minimum atomic E-state index is -0.533.